The molecular formula is C52H46N6O6. The number of hydrogen-bond acceptors (Lipinski definition) is 8. The van der Waals surface area contributed by atoms with Gasteiger partial charge in [0.05, 0.1) is 37.2 Å². The number of amides is 2. The molecule has 3 heterocycles. The number of fused-ring (bicyclic) bond motifs is 4. The molecule has 12 nitrogen and oxygen atoms in total. The second-order valence-electron chi connectivity index (χ2n) is 15.5. The number of anilines is 2. The lowest BCUT2D eigenvalue weighted by atomic mass is 10.1. The maximum absolute atomic E-state index is 13.9. The van der Waals surface area contributed by atoms with Gasteiger partial charge in [0.2, 0.25) is 0 Å². The summed E-state index contributed by atoms with van der Waals surface area (Å²) in [4.78, 5) is 46.9. The van der Waals surface area contributed by atoms with Crippen LogP contribution in [-0.2, 0) is 26.1 Å². The van der Waals surface area contributed by atoms with Gasteiger partial charge in [-0.1, -0.05) is 60.7 Å². The molecule has 2 N–H and O–H groups in total. The van der Waals surface area contributed by atoms with Crippen molar-refractivity contribution in [2.75, 3.05) is 31.4 Å². The normalized spacial score (nSPS) is 11.4. The van der Waals surface area contributed by atoms with Gasteiger partial charge in [0.25, 0.3) is 11.8 Å². The number of benzene rings is 6. The molecule has 320 valence electrons. The SMILES string of the molecule is CCn1c2ccccc2c2cc(CN(CCc3ccc(NC(=O)c4cc(OC)c(OC)cc4NC(=O)c4cc(=O)c5ccccc5o4)cc3)Cc3cccc(-n4ccnc4)c3)ccc21. The van der Waals surface area contributed by atoms with Crippen LogP contribution < -0.4 is 25.5 Å². The molecule has 0 fully saturated rings. The van der Waals surface area contributed by atoms with Crippen LogP contribution in [-0.4, -0.2) is 51.6 Å². The summed E-state index contributed by atoms with van der Waals surface area (Å²) in [5.74, 6) is -0.819. The second kappa shape index (κ2) is 18.2. The summed E-state index contributed by atoms with van der Waals surface area (Å²) in [5, 5.41) is 8.57. The summed E-state index contributed by atoms with van der Waals surface area (Å²) in [6.45, 7) is 5.36. The van der Waals surface area contributed by atoms with E-state index in [9.17, 15) is 14.4 Å². The van der Waals surface area contributed by atoms with Crippen LogP contribution in [0.25, 0.3) is 38.5 Å². The van der Waals surface area contributed by atoms with Gasteiger partial charge < -0.3 is 33.7 Å². The maximum Gasteiger partial charge on any atom is 0.291 e. The molecule has 0 aliphatic carbocycles. The highest BCUT2D eigenvalue weighted by Gasteiger charge is 2.22. The van der Waals surface area contributed by atoms with E-state index < -0.39 is 11.8 Å². The summed E-state index contributed by atoms with van der Waals surface area (Å²) in [6.07, 6.45) is 6.31. The van der Waals surface area contributed by atoms with Crippen molar-refractivity contribution < 1.29 is 23.5 Å². The number of hydrogen-bond donors (Lipinski definition) is 2. The molecule has 0 spiro atoms. The summed E-state index contributed by atoms with van der Waals surface area (Å²) >= 11 is 0. The highest BCUT2D eigenvalue weighted by molar-refractivity contribution is 6.13. The van der Waals surface area contributed by atoms with Gasteiger partial charge in [-0.15, -0.1) is 0 Å². The van der Waals surface area contributed by atoms with E-state index in [4.69, 9.17) is 13.9 Å². The molecule has 0 aliphatic rings. The van der Waals surface area contributed by atoms with Crippen LogP contribution in [0.15, 0.2) is 161 Å². The van der Waals surface area contributed by atoms with Gasteiger partial charge in [-0.3, -0.25) is 19.3 Å². The minimum atomic E-state index is -0.710. The molecule has 0 saturated carbocycles. The molecule has 9 aromatic rings. The fraction of sp³-hybridized carbons (Fsp3) is 0.154. The number of ether oxygens (including phenoxy) is 2. The highest BCUT2D eigenvalue weighted by Crippen LogP contribution is 2.35. The fourth-order valence-electron chi connectivity index (χ4n) is 8.31. The summed E-state index contributed by atoms with van der Waals surface area (Å²) in [5.41, 5.74) is 7.80. The first kappa shape index (κ1) is 41.4. The summed E-state index contributed by atoms with van der Waals surface area (Å²) in [7, 11) is 2.92. The molecule has 12 heteroatoms. The molecule has 0 radical (unpaired) electrons. The Balaban J connectivity index is 0.933. The van der Waals surface area contributed by atoms with Crippen LogP contribution in [0.4, 0.5) is 11.4 Å². The minimum absolute atomic E-state index is 0.114. The van der Waals surface area contributed by atoms with Crippen LogP contribution in [0.5, 0.6) is 11.5 Å². The Kier molecular flexibility index (Phi) is 11.8. The maximum atomic E-state index is 13.9. The average Bonchev–Trinajstić information content (AvgIpc) is 3.98. The second-order valence-corrected chi connectivity index (χ2v) is 15.5. The standard InChI is InChI=1S/C52H46N6O6/c1-4-58-44-14-7-5-12-39(44)41-27-36(18-21-45(41)58)32-56(31-35-10-9-11-38(26-35)57-25-23-53-33-57)24-22-34-16-19-37(20-17-34)54-51(60)42-28-48(62-2)49(63-3)29-43(42)55-52(61)50-30-46(59)40-13-6-8-15-47(40)64-50/h5-21,23,25-30,33H,4,22,24,31-32H2,1-3H3,(H,54,60)(H,55,61). The third-order valence-corrected chi connectivity index (χ3v) is 11.5. The molecular weight excluding hydrogens is 805 g/mol. The predicted molar refractivity (Wildman–Crippen MR) is 251 cm³/mol. The van der Waals surface area contributed by atoms with E-state index >= 15 is 0 Å². The van der Waals surface area contributed by atoms with E-state index in [0.29, 0.717) is 22.6 Å². The molecule has 64 heavy (non-hydrogen) atoms. The van der Waals surface area contributed by atoms with E-state index in [1.165, 1.54) is 59.3 Å². The zero-order valence-corrected chi connectivity index (χ0v) is 35.7. The van der Waals surface area contributed by atoms with Gasteiger partial charge in [-0.2, -0.15) is 0 Å². The van der Waals surface area contributed by atoms with Crippen LogP contribution >= 0.6 is 0 Å². The molecule has 3 aromatic heterocycles. The third kappa shape index (κ3) is 8.59. The molecule has 0 bridgehead atoms. The van der Waals surface area contributed by atoms with Crippen molar-refractivity contribution in [1.29, 1.82) is 0 Å². The molecule has 6 aromatic carbocycles. The van der Waals surface area contributed by atoms with Gasteiger partial charge in [0.15, 0.2) is 22.7 Å². The lowest BCUT2D eigenvalue weighted by Crippen LogP contribution is -2.25. The van der Waals surface area contributed by atoms with Crippen LogP contribution in [0.2, 0.25) is 0 Å². The molecule has 0 atom stereocenters. The summed E-state index contributed by atoms with van der Waals surface area (Å²) in [6, 6.07) is 42.5. The van der Waals surface area contributed by atoms with Gasteiger partial charge in [0.1, 0.15) is 5.58 Å². The zero-order chi connectivity index (χ0) is 44.2. The van der Waals surface area contributed by atoms with E-state index in [0.717, 1.165) is 49.9 Å². The van der Waals surface area contributed by atoms with E-state index in [1.807, 2.05) is 41.4 Å². The number of carbonyl (C=O) groups is 2. The van der Waals surface area contributed by atoms with Gasteiger partial charge in [-0.05, 0) is 90.7 Å². The molecule has 0 aliphatic heterocycles. The number of rotatable bonds is 15. The highest BCUT2D eigenvalue weighted by atomic mass is 16.5. The van der Waals surface area contributed by atoms with Crippen LogP contribution in [0, 0.1) is 0 Å². The first-order chi connectivity index (χ1) is 31.3. The number of methoxy groups -OCH3 is 2. The summed E-state index contributed by atoms with van der Waals surface area (Å²) < 4.78 is 21.1. The van der Waals surface area contributed by atoms with E-state index in [2.05, 4.69) is 98.7 Å². The van der Waals surface area contributed by atoms with Crippen molar-refractivity contribution in [2.24, 2.45) is 0 Å². The van der Waals surface area contributed by atoms with Crippen molar-refractivity contribution in [3.8, 4) is 17.2 Å². The largest absolute Gasteiger partial charge is 0.493 e. The average molecular weight is 851 g/mol. The zero-order valence-electron chi connectivity index (χ0n) is 35.7. The topological polar surface area (TPSA) is 133 Å². The van der Waals surface area contributed by atoms with Crippen molar-refractivity contribution in [3.05, 3.63) is 190 Å². The fourth-order valence-corrected chi connectivity index (χ4v) is 8.31. The molecule has 2 amide bonds. The molecule has 9 rings (SSSR count). The lowest BCUT2D eigenvalue weighted by Gasteiger charge is -2.23. The smallest absolute Gasteiger partial charge is 0.291 e. The Morgan fingerprint density at radius 2 is 1.42 bits per heavy atom. The number of aryl methyl sites for hydroxylation is 1. The van der Waals surface area contributed by atoms with Crippen LogP contribution in [0.3, 0.4) is 0 Å². The molecule has 0 unspecified atom stereocenters. The number of imidazole rings is 1. The lowest BCUT2D eigenvalue weighted by molar-refractivity contribution is 0.0997. The van der Waals surface area contributed by atoms with Gasteiger partial charge >= 0.3 is 0 Å². The number of para-hydroxylation sites is 2. The monoisotopic (exact) mass is 850 g/mol. The van der Waals surface area contributed by atoms with Crippen molar-refractivity contribution in [1.82, 2.24) is 19.0 Å². The third-order valence-electron chi connectivity index (χ3n) is 11.5. The Bertz CT molecular complexity index is 3210. The first-order valence-electron chi connectivity index (χ1n) is 21.1. The number of carbonyl (C=O) groups excluding carboxylic acids is 2. The van der Waals surface area contributed by atoms with E-state index in [1.54, 1.807) is 30.5 Å². The van der Waals surface area contributed by atoms with Crippen LogP contribution in [0.1, 0.15) is 44.5 Å². The quantitative estimate of drug-likeness (QED) is 0.104. The van der Waals surface area contributed by atoms with Gasteiger partial charge in [0, 0.05) is 83.9 Å². The molecule has 0 saturated heterocycles. The Morgan fingerprint density at radius 3 is 2.19 bits per heavy atom. The first-order valence-corrected chi connectivity index (χ1v) is 21.1. The number of aromatic nitrogens is 3. The Morgan fingerprint density at radius 1 is 0.703 bits per heavy atom. The number of nitrogens with zero attached hydrogens (tertiary/aromatic N) is 4. The van der Waals surface area contributed by atoms with E-state index in [-0.39, 0.29) is 28.0 Å². The van der Waals surface area contributed by atoms with Gasteiger partial charge in [-0.25, -0.2) is 4.98 Å². The Labute approximate surface area is 369 Å². The van der Waals surface area contributed by atoms with Crippen molar-refractivity contribution in [2.45, 2.75) is 33.0 Å². The van der Waals surface area contributed by atoms with Crippen molar-refractivity contribution >= 4 is 56.0 Å². The Hall–Kier alpha value is -7.96. The number of nitrogens with one attached hydrogen (secondary N) is 2. The minimum Gasteiger partial charge on any atom is -0.493 e. The van der Waals surface area contributed by atoms with Crippen molar-refractivity contribution in [3.63, 3.8) is 0 Å². The predicted octanol–water partition coefficient (Wildman–Crippen LogP) is 9.87.